The number of anilines is 1. The number of aromatic nitrogens is 2. The number of rotatable bonds is 6. The van der Waals surface area contributed by atoms with Gasteiger partial charge in [-0.05, 0) is 18.4 Å². The number of thioether (sulfide) groups is 1. The van der Waals surface area contributed by atoms with E-state index in [1.54, 1.807) is 17.0 Å². The predicted octanol–water partition coefficient (Wildman–Crippen LogP) is 1.50. The summed E-state index contributed by atoms with van der Waals surface area (Å²) in [6.45, 7) is 0. The van der Waals surface area contributed by atoms with Gasteiger partial charge in [0.2, 0.25) is 11.8 Å². The van der Waals surface area contributed by atoms with Gasteiger partial charge in [-0.2, -0.15) is 4.98 Å². The molecule has 0 atom stereocenters. The normalized spacial score (nSPS) is 10.8. The molecule has 2 amide bonds. The molecule has 2 aromatic rings. The van der Waals surface area contributed by atoms with Crippen LogP contribution in [0.4, 0.5) is 10.7 Å². The lowest BCUT2D eigenvalue weighted by Gasteiger charge is -2.11. The van der Waals surface area contributed by atoms with Gasteiger partial charge in [-0.3, -0.25) is 5.32 Å². The molecule has 0 fully saturated rings. The molecule has 1 aromatic carbocycles. The molecule has 144 valence electrons. The van der Waals surface area contributed by atoms with Crippen LogP contribution in [-0.2, 0) is 14.8 Å². The number of sulfonamides is 1. The van der Waals surface area contributed by atoms with Gasteiger partial charge in [0, 0.05) is 6.07 Å². The van der Waals surface area contributed by atoms with Crippen molar-refractivity contribution in [2.24, 2.45) is 0 Å². The average molecular weight is 412 g/mol. The highest BCUT2D eigenvalue weighted by atomic mass is 32.2. The van der Waals surface area contributed by atoms with Crippen LogP contribution in [0.1, 0.15) is 10.4 Å². The van der Waals surface area contributed by atoms with Crippen molar-refractivity contribution >= 4 is 39.7 Å². The zero-order valence-corrected chi connectivity index (χ0v) is 16.2. The lowest BCUT2D eigenvalue weighted by molar-refractivity contribution is 0.0596. The lowest BCUT2D eigenvalue weighted by Crippen LogP contribution is -2.35. The number of carbonyl (C=O) groups excluding carboxylic acids is 2. The number of methoxy groups -OCH3 is 2. The molecule has 0 saturated carbocycles. The molecule has 10 nitrogen and oxygen atoms in total. The molecule has 0 aliphatic carbocycles. The second-order valence-electron chi connectivity index (χ2n) is 4.82. The molecule has 0 aliphatic rings. The van der Waals surface area contributed by atoms with E-state index >= 15 is 0 Å². The molecule has 0 unspecified atom stereocenters. The number of carbonyl (C=O) groups is 2. The number of urea groups is 1. The SMILES string of the molecule is COC(=O)c1ccccc1S(=O)(=O)NC(=O)Nc1nc(OC)cc(SC)n1. The molecular formula is C15H16N4O6S2. The van der Waals surface area contributed by atoms with Crippen LogP contribution < -0.4 is 14.8 Å². The van der Waals surface area contributed by atoms with Crippen molar-refractivity contribution in [3.63, 3.8) is 0 Å². The lowest BCUT2D eigenvalue weighted by atomic mass is 10.2. The summed E-state index contributed by atoms with van der Waals surface area (Å²) in [4.78, 5) is 31.4. The highest BCUT2D eigenvalue weighted by Crippen LogP contribution is 2.20. The van der Waals surface area contributed by atoms with Gasteiger partial charge < -0.3 is 9.47 Å². The van der Waals surface area contributed by atoms with Crippen molar-refractivity contribution in [2.45, 2.75) is 9.92 Å². The number of ether oxygens (including phenoxy) is 2. The molecule has 0 radical (unpaired) electrons. The number of benzene rings is 1. The van der Waals surface area contributed by atoms with E-state index in [1.807, 2.05) is 0 Å². The third kappa shape index (κ3) is 5.08. The van der Waals surface area contributed by atoms with Crippen molar-refractivity contribution in [1.29, 1.82) is 0 Å². The predicted molar refractivity (Wildman–Crippen MR) is 97.5 cm³/mol. The maximum atomic E-state index is 12.5. The Hall–Kier alpha value is -2.86. The van der Waals surface area contributed by atoms with E-state index in [2.05, 4.69) is 20.0 Å². The Morgan fingerprint density at radius 3 is 2.48 bits per heavy atom. The van der Waals surface area contributed by atoms with E-state index in [0.29, 0.717) is 5.03 Å². The topological polar surface area (TPSA) is 137 Å². The van der Waals surface area contributed by atoms with E-state index in [-0.39, 0.29) is 17.4 Å². The molecule has 0 spiro atoms. The number of nitrogens with one attached hydrogen (secondary N) is 2. The van der Waals surface area contributed by atoms with Crippen LogP contribution in [0.3, 0.4) is 0 Å². The first-order valence-electron chi connectivity index (χ1n) is 7.29. The number of amides is 2. The van der Waals surface area contributed by atoms with Gasteiger partial charge in [-0.25, -0.2) is 27.7 Å². The second-order valence-corrected chi connectivity index (χ2v) is 7.30. The largest absolute Gasteiger partial charge is 0.481 e. The fourth-order valence-electron chi connectivity index (χ4n) is 1.95. The van der Waals surface area contributed by atoms with Crippen molar-refractivity contribution in [2.75, 3.05) is 25.8 Å². The first-order valence-corrected chi connectivity index (χ1v) is 9.99. The fourth-order valence-corrected chi connectivity index (χ4v) is 3.45. The Morgan fingerprint density at radius 1 is 1.15 bits per heavy atom. The first-order chi connectivity index (χ1) is 12.8. The number of nitrogens with zero attached hydrogens (tertiary/aromatic N) is 2. The van der Waals surface area contributed by atoms with Crippen molar-refractivity contribution < 1.29 is 27.5 Å². The molecule has 0 aliphatic heterocycles. The van der Waals surface area contributed by atoms with Crippen LogP contribution >= 0.6 is 11.8 Å². The van der Waals surface area contributed by atoms with Crippen LogP contribution in [-0.4, -0.2) is 50.9 Å². The van der Waals surface area contributed by atoms with E-state index in [1.165, 1.54) is 43.1 Å². The summed E-state index contributed by atoms with van der Waals surface area (Å²) < 4.78 is 36.3. The Morgan fingerprint density at radius 2 is 1.85 bits per heavy atom. The van der Waals surface area contributed by atoms with E-state index < -0.39 is 26.9 Å². The summed E-state index contributed by atoms with van der Waals surface area (Å²) >= 11 is 1.28. The van der Waals surface area contributed by atoms with Gasteiger partial charge in [0.15, 0.2) is 0 Å². The third-order valence-corrected chi connectivity index (χ3v) is 5.15. The minimum atomic E-state index is -4.35. The molecule has 2 rings (SSSR count). The van der Waals surface area contributed by atoms with Crippen molar-refractivity contribution in [1.82, 2.24) is 14.7 Å². The summed E-state index contributed by atoms with van der Waals surface area (Å²) in [5.74, 6) is -0.798. The summed E-state index contributed by atoms with van der Waals surface area (Å²) in [5.41, 5.74) is -0.206. The van der Waals surface area contributed by atoms with Gasteiger partial charge in [-0.1, -0.05) is 12.1 Å². The Kier molecular flexibility index (Phi) is 6.58. The van der Waals surface area contributed by atoms with Crippen LogP contribution in [0.25, 0.3) is 0 Å². The molecule has 1 heterocycles. The standard InChI is InChI=1S/C15H16N4O6S2/c1-24-11-8-12(26-3)17-14(16-11)18-15(21)19-27(22,23)10-7-5-4-6-9(10)13(20)25-2/h4-8H,1-3H3,(H2,16,17,18,19,21). The van der Waals surface area contributed by atoms with E-state index in [4.69, 9.17) is 4.74 Å². The molecule has 1 aromatic heterocycles. The Labute approximate surface area is 159 Å². The monoisotopic (exact) mass is 412 g/mol. The third-order valence-electron chi connectivity index (χ3n) is 3.13. The first kappa shape index (κ1) is 20.5. The smallest absolute Gasteiger partial charge is 0.339 e. The molecule has 0 saturated heterocycles. The van der Waals surface area contributed by atoms with E-state index in [0.717, 1.165) is 7.11 Å². The number of hydrogen-bond acceptors (Lipinski definition) is 9. The molecule has 12 heteroatoms. The summed E-state index contributed by atoms with van der Waals surface area (Å²) in [6, 6.07) is 5.78. The summed E-state index contributed by atoms with van der Waals surface area (Å²) in [6.07, 6.45) is 1.76. The highest BCUT2D eigenvalue weighted by molar-refractivity contribution is 7.98. The Bertz CT molecular complexity index is 942. The zero-order chi connectivity index (χ0) is 20.0. The average Bonchev–Trinajstić information content (AvgIpc) is 2.66. The van der Waals surface area contributed by atoms with Gasteiger partial charge in [0.1, 0.15) is 9.92 Å². The Balaban J connectivity index is 2.24. The molecule has 2 N–H and O–H groups in total. The van der Waals surface area contributed by atoms with Crippen molar-refractivity contribution in [3.05, 3.63) is 35.9 Å². The minimum Gasteiger partial charge on any atom is -0.481 e. The summed E-state index contributed by atoms with van der Waals surface area (Å²) in [7, 11) is -1.84. The zero-order valence-electron chi connectivity index (χ0n) is 14.5. The fraction of sp³-hybridized carbons (Fsp3) is 0.200. The van der Waals surface area contributed by atoms with Crippen molar-refractivity contribution in [3.8, 4) is 5.88 Å². The molecule has 0 bridgehead atoms. The maximum Gasteiger partial charge on any atom is 0.339 e. The van der Waals surface area contributed by atoms with Gasteiger partial charge in [0.25, 0.3) is 10.0 Å². The van der Waals surface area contributed by atoms with Crippen LogP contribution in [0.15, 0.2) is 40.3 Å². The summed E-state index contributed by atoms with van der Waals surface area (Å²) in [5, 5.41) is 2.73. The highest BCUT2D eigenvalue weighted by Gasteiger charge is 2.25. The molecular weight excluding hydrogens is 396 g/mol. The van der Waals surface area contributed by atoms with Crippen LogP contribution in [0.5, 0.6) is 5.88 Å². The quantitative estimate of drug-likeness (QED) is 0.411. The van der Waals surface area contributed by atoms with Gasteiger partial charge in [-0.15, -0.1) is 11.8 Å². The minimum absolute atomic E-state index is 0.146. The molecule has 27 heavy (non-hydrogen) atoms. The van der Waals surface area contributed by atoms with Crippen LogP contribution in [0.2, 0.25) is 0 Å². The second kappa shape index (κ2) is 8.68. The maximum absolute atomic E-state index is 12.5. The van der Waals surface area contributed by atoms with Gasteiger partial charge in [0.05, 0.1) is 19.8 Å². The van der Waals surface area contributed by atoms with Gasteiger partial charge >= 0.3 is 12.0 Å². The number of hydrogen-bond donors (Lipinski definition) is 2. The van der Waals surface area contributed by atoms with Crippen LogP contribution in [0, 0.1) is 0 Å². The number of esters is 1. The van der Waals surface area contributed by atoms with E-state index in [9.17, 15) is 18.0 Å².